The van der Waals surface area contributed by atoms with Gasteiger partial charge in [-0.2, -0.15) is 0 Å². The fourth-order valence-corrected chi connectivity index (χ4v) is 3.55. The lowest BCUT2D eigenvalue weighted by molar-refractivity contribution is 0.216. The molecule has 0 radical (unpaired) electrons. The molecule has 0 amide bonds. The van der Waals surface area contributed by atoms with Crippen molar-refractivity contribution in [3.05, 3.63) is 0 Å². The minimum Gasteiger partial charge on any atom is -0.302 e. The van der Waals surface area contributed by atoms with E-state index in [9.17, 15) is 0 Å². The highest BCUT2D eigenvalue weighted by Crippen LogP contribution is 2.28. The molecule has 2 nitrogen and oxygen atoms in total. The van der Waals surface area contributed by atoms with Crippen LogP contribution in [-0.2, 0) is 0 Å². The quantitative estimate of drug-likeness (QED) is 0.534. The molecule has 2 aliphatic rings. The Hall–Kier alpha value is 0.210. The summed E-state index contributed by atoms with van der Waals surface area (Å²) in [5.74, 6) is 0.832. The molecular formula is C14H27ClN2. The molecule has 0 saturated carbocycles. The summed E-state index contributed by atoms with van der Waals surface area (Å²) in [6.07, 6.45) is 9.45. The summed E-state index contributed by atoms with van der Waals surface area (Å²) in [7, 11) is 2.33. The summed E-state index contributed by atoms with van der Waals surface area (Å²) < 4.78 is 0. The molecule has 2 heterocycles. The summed E-state index contributed by atoms with van der Waals surface area (Å²) in [5, 5.41) is 0. The van der Waals surface area contributed by atoms with Gasteiger partial charge in [-0.1, -0.05) is 12.8 Å². The predicted octanol–water partition coefficient (Wildman–Crippen LogP) is 2.95. The molecule has 100 valence electrons. The molecule has 2 unspecified atom stereocenters. The van der Waals surface area contributed by atoms with Crippen molar-refractivity contribution in [3.8, 4) is 0 Å². The molecule has 0 aromatic carbocycles. The Morgan fingerprint density at radius 1 is 1.00 bits per heavy atom. The number of hydrogen-bond acceptors (Lipinski definition) is 2. The van der Waals surface area contributed by atoms with E-state index in [0.29, 0.717) is 0 Å². The first-order valence-corrected chi connectivity index (χ1v) is 7.85. The SMILES string of the molecule is CN1C2CCC1CN(CCCCCCCl)CC2. The molecular weight excluding hydrogens is 232 g/mol. The number of halogens is 1. The number of rotatable bonds is 6. The molecule has 2 atom stereocenters. The summed E-state index contributed by atoms with van der Waals surface area (Å²) in [4.78, 5) is 5.33. The first-order valence-electron chi connectivity index (χ1n) is 7.31. The van der Waals surface area contributed by atoms with Crippen LogP contribution < -0.4 is 0 Å². The van der Waals surface area contributed by atoms with E-state index in [4.69, 9.17) is 11.6 Å². The molecule has 2 bridgehead atoms. The number of nitrogens with zero attached hydrogens (tertiary/aromatic N) is 2. The first-order chi connectivity index (χ1) is 8.31. The van der Waals surface area contributed by atoms with Gasteiger partial charge in [-0.3, -0.25) is 4.90 Å². The fourth-order valence-electron chi connectivity index (χ4n) is 3.37. The average Bonchev–Trinajstić information content (AvgIpc) is 2.56. The Kier molecular flexibility index (Phi) is 5.58. The van der Waals surface area contributed by atoms with E-state index >= 15 is 0 Å². The zero-order chi connectivity index (χ0) is 12.1. The smallest absolute Gasteiger partial charge is 0.0223 e. The number of hydrogen-bond donors (Lipinski definition) is 0. The molecule has 2 aliphatic heterocycles. The van der Waals surface area contributed by atoms with Crippen molar-refractivity contribution in [2.45, 2.75) is 57.0 Å². The van der Waals surface area contributed by atoms with Gasteiger partial charge >= 0.3 is 0 Å². The van der Waals surface area contributed by atoms with Gasteiger partial charge in [0.05, 0.1) is 0 Å². The van der Waals surface area contributed by atoms with E-state index in [1.807, 2.05) is 0 Å². The highest BCUT2D eigenvalue weighted by Gasteiger charge is 2.34. The third kappa shape index (κ3) is 3.84. The van der Waals surface area contributed by atoms with Crippen LogP contribution >= 0.6 is 11.6 Å². The maximum atomic E-state index is 5.69. The molecule has 2 saturated heterocycles. The summed E-state index contributed by atoms with van der Waals surface area (Å²) >= 11 is 5.69. The molecule has 2 rings (SSSR count). The lowest BCUT2D eigenvalue weighted by atomic mass is 10.1. The van der Waals surface area contributed by atoms with Gasteiger partial charge in [0, 0.05) is 24.5 Å². The van der Waals surface area contributed by atoms with Gasteiger partial charge in [0.25, 0.3) is 0 Å². The van der Waals surface area contributed by atoms with Crippen LogP contribution in [-0.4, -0.2) is 54.4 Å². The van der Waals surface area contributed by atoms with Crippen LogP contribution in [0.15, 0.2) is 0 Å². The van der Waals surface area contributed by atoms with E-state index in [-0.39, 0.29) is 0 Å². The lowest BCUT2D eigenvalue weighted by Crippen LogP contribution is -2.37. The number of unbranched alkanes of at least 4 members (excludes halogenated alkanes) is 3. The van der Waals surface area contributed by atoms with Gasteiger partial charge in [0.1, 0.15) is 0 Å². The summed E-state index contributed by atoms with van der Waals surface area (Å²) in [5.41, 5.74) is 0. The molecule has 0 aliphatic carbocycles. The Labute approximate surface area is 111 Å². The minimum atomic E-state index is 0.832. The fraction of sp³-hybridized carbons (Fsp3) is 1.00. The van der Waals surface area contributed by atoms with Gasteiger partial charge < -0.3 is 4.90 Å². The van der Waals surface area contributed by atoms with E-state index < -0.39 is 0 Å². The van der Waals surface area contributed by atoms with Crippen LogP contribution in [0.3, 0.4) is 0 Å². The van der Waals surface area contributed by atoms with Gasteiger partial charge in [0.2, 0.25) is 0 Å². The van der Waals surface area contributed by atoms with Crippen molar-refractivity contribution >= 4 is 11.6 Å². The standard InChI is InChI=1S/C14H27ClN2/c1-16-13-6-7-14(16)12-17(11-8-13)10-5-3-2-4-9-15/h13-14H,2-12H2,1H3. The van der Waals surface area contributed by atoms with Crippen LogP contribution in [0, 0.1) is 0 Å². The maximum absolute atomic E-state index is 5.69. The second-order valence-corrected chi connectivity index (χ2v) is 6.12. The molecule has 0 aromatic heterocycles. The van der Waals surface area contributed by atoms with Gasteiger partial charge in [0.15, 0.2) is 0 Å². The van der Waals surface area contributed by atoms with Gasteiger partial charge in [-0.05, 0) is 52.2 Å². The summed E-state index contributed by atoms with van der Waals surface area (Å²) in [6, 6.07) is 1.71. The second kappa shape index (κ2) is 6.96. The normalized spacial score (nSPS) is 30.7. The topological polar surface area (TPSA) is 6.48 Å². The molecule has 0 spiro atoms. The Morgan fingerprint density at radius 3 is 2.59 bits per heavy atom. The highest BCUT2D eigenvalue weighted by molar-refractivity contribution is 6.17. The van der Waals surface area contributed by atoms with E-state index in [0.717, 1.165) is 18.0 Å². The Morgan fingerprint density at radius 2 is 1.76 bits per heavy atom. The van der Waals surface area contributed by atoms with Crippen molar-refractivity contribution in [3.63, 3.8) is 0 Å². The molecule has 2 fully saturated rings. The number of alkyl halides is 1. The predicted molar refractivity (Wildman–Crippen MR) is 74.8 cm³/mol. The van der Waals surface area contributed by atoms with Crippen LogP contribution in [0.25, 0.3) is 0 Å². The van der Waals surface area contributed by atoms with Crippen molar-refractivity contribution in [2.24, 2.45) is 0 Å². The summed E-state index contributed by atoms with van der Waals surface area (Å²) in [6.45, 7) is 3.93. The average molecular weight is 259 g/mol. The third-order valence-electron chi connectivity index (χ3n) is 4.59. The van der Waals surface area contributed by atoms with Crippen LogP contribution in [0.1, 0.15) is 44.9 Å². The van der Waals surface area contributed by atoms with Crippen LogP contribution in [0.4, 0.5) is 0 Å². The monoisotopic (exact) mass is 258 g/mol. The second-order valence-electron chi connectivity index (χ2n) is 5.74. The van der Waals surface area contributed by atoms with E-state index in [1.165, 1.54) is 64.6 Å². The molecule has 0 N–H and O–H groups in total. The highest BCUT2D eigenvalue weighted by atomic mass is 35.5. The van der Waals surface area contributed by atoms with Crippen molar-refractivity contribution < 1.29 is 0 Å². The van der Waals surface area contributed by atoms with Crippen molar-refractivity contribution in [1.29, 1.82) is 0 Å². The Bertz CT molecular complexity index is 222. The molecule has 17 heavy (non-hydrogen) atoms. The van der Waals surface area contributed by atoms with Gasteiger partial charge in [-0.15, -0.1) is 11.6 Å². The van der Waals surface area contributed by atoms with Crippen molar-refractivity contribution in [2.75, 3.05) is 32.6 Å². The van der Waals surface area contributed by atoms with E-state index in [2.05, 4.69) is 16.8 Å². The van der Waals surface area contributed by atoms with Crippen LogP contribution in [0.5, 0.6) is 0 Å². The zero-order valence-corrected chi connectivity index (χ0v) is 12.0. The largest absolute Gasteiger partial charge is 0.302 e. The minimum absolute atomic E-state index is 0.832. The number of likely N-dealkylation sites (N-methyl/N-ethyl adjacent to an activating group) is 1. The van der Waals surface area contributed by atoms with Crippen LogP contribution in [0.2, 0.25) is 0 Å². The molecule has 0 aromatic rings. The van der Waals surface area contributed by atoms with E-state index in [1.54, 1.807) is 0 Å². The number of fused-ring (bicyclic) bond motifs is 2. The first kappa shape index (κ1) is 13.6. The van der Waals surface area contributed by atoms with Crippen molar-refractivity contribution in [1.82, 2.24) is 9.80 Å². The number of likely N-dealkylation sites (tertiary alicyclic amines) is 1. The Balaban J connectivity index is 1.65. The maximum Gasteiger partial charge on any atom is 0.0223 e. The lowest BCUT2D eigenvalue weighted by Gasteiger charge is -2.25. The third-order valence-corrected chi connectivity index (χ3v) is 4.86. The van der Waals surface area contributed by atoms with Gasteiger partial charge in [-0.25, -0.2) is 0 Å². The molecule has 3 heteroatoms. The zero-order valence-electron chi connectivity index (χ0n) is 11.2.